The van der Waals surface area contributed by atoms with Crippen molar-refractivity contribution in [1.82, 2.24) is 9.97 Å². The van der Waals surface area contributed by atoms with E-state index in [1.54, 1.807) is 38.2 Å². The lowest BCUT2D eigenvalue weighted by Crippen LogP contribution is -2.11. The van der Waals surface area contributed by atoms with Crippen molar-refractivity contribution < 1.29 is 4.79 Å². The Morgan fingerprint density at radius 3 is 2.78 bits per heavy atom. The second kappa shape index (κ2) is 4.86. The van der Waals surface area contributed by atoms with Crippen molar-refractivity contribution in [3.63, 3.8) is 0 Å². The van der Waals surface area contributed by atoms with Crippen molar-refractivity contribution in [1.29, 1.82) is 0 Å². The molecule has 0 aliphatic heterocycles. The van der Waals surface area contributed by atoms with Crippen LogP contribution >= 0.6 is 15.9 Å². The molecule has 5 heteroatoms. The molecule has 1 heterocycles. The van der Waals surface area contributed by atoms with Gasteiger partial charge in [-0.05, 0) is 32.0 Å². The first-order valence-corrected chi connectivity index (χ1v) is 6.18. The number of halogens is 1. The number of hydrogen-bond donors (Lipinski definition) is 1. The van der Waals surface area contributed by atoms with Crippen LogP contribution in [0.3, 0.4) is 0 Å². The van der Waals surface area contributed by atoms with E-state index in [0.29, 0.717) is 28.3 Å². The van der Waals surface area contributed by atoms with Crippen molar-refractivity contribution in [2.24, 2.45) is 0 Å². The number of rotatable bonds is 2. The molecule has 0 saturated heterocycles. The Kier molecular flexibility index (Phi) is 3.43. The van der Waals surface area contributed by atoms with Crippen molar-refractivity contribution in [2.45, 2.75) is 13.8 Å². The average Bonchev–Trinajstić information content (AvgIpc) is 2.34. The first-order chi connectivity index (χ1) is 8.49. The molecule has 4 nitrogen and oxygen atoms in total. The van der Waals surface area contributed by atoms with Crippen molar-refractivity contribution >= 4 is 27.4 Å². The molecular weight excluding hydrogens is 294 g/mol. The predicted octanol–water partition coefficient (Wildman–Crippen LogP) is 2.67. The number of nitrogens with zero attached hydrogens (tertiary/aromatic N) is 2. The van der Waals surface area contributed by atoms with Gasteiger partial charge < -0.3 is 5.73 Å². The molecule has 2 N–H and O–H groups in total. The normalized spacial score (nSPS) is 10.4. The standard InChI is InChI=1S/C13H12BrN3O/c1-7-6-16-8(2)12(17-7)13(18)10-5-9(14)3-4-11(10)15/h3-6H,15H2,1-2H3. The molecular formula is C13H12BrN3O. The zero-order valence-corrected chi connectivity index (χ0v) is 11.7. The van der Waals surface area contributed by atoms with Crippen molar-refractivity contribution in [2.75, 3.05) is 5.73 Å². The molecule has 0 atom stereocenters. The monoisotopic (exact) mass is 305 g/mol. The van der Waals surface area contributed by atoms with Crippen LogP contribution in [-0.2, 0) is 0 Å². The summed E-state index contributed by atoms with van der Waals surface area (Å²) >= 11 is 3.33. The molecule has 0 aliphatic rings. The van der Waals surface area contributed by atoms with Crippen LogP contribution in [0.2, 0.25) is 0 Å². The highest BCUT2D eigenvalue weighted by Gasteiger charge is 2.17. The summed E-state index contributed by atoms with van der Waals surface area (Å²) in [7, 11) is 0. The van der Waals surface area contributed by atoms with E-state index in [4.69, 9.17) is 5.73 Å². The van der Waals surface area contributed by atoms with E-state index >= 15 is 0 Å². The molecule has 0 bridgehead atoms. The van der Waals surface area contributed by atoms with Gasteiger partial charge in [0, 0.05) is 21.9 Å². The second-order valence-electron chi connectivity index (χ2n) is 4.01. The zero-order chi connectivity index (χ0) is 13.3. The van der Waals surface area contributed by atoms with Crippen LogP contribution in [0.5, 0.6) is 0 Å². The molecule has 1 aromatic carbocycles. The Bertz CT molecular complexity index is 572. The van der Waals surface area contributed by atoms with Crippen LogP contribution in [0.15, 0.2) is 28.9 Å². The van der Waals surface area contributed by atoms with E-state index in [0.717, 1.165) is 4.47 Å². The summed E-state index contributed by atoms with van der Waals surface area (Å²) in [4.78, 5) is 20.8. The molecule has 1 aromatic heterocycles. The largest absolute Gasteiger partial charge is 0.398 e. The minimum atomic E-state index is -0.206. The third-order valence-corrected chi connectivity index (χ3v) is 3.04. The highest BCUT2D eigenvalue weighted by atomic mass is 79.9. The third-order valence-electron chi connectivity index (χ3n) is 2.55. The van der Waals surface area contributed by atoms with Crippen LogP contribution in [0.4, 0.5) is 5.69 Å². The molecule has 92 valence electrons. The summed E-state index contributed by atoms with van der Waals surface area (Å²) in [6, 6.07) is 5.18. The summed E-state index contributed by atoms with van der Waals surface area (Å²) in [6.45, 7) is 3.56. The third kappa shape index (κ3) is 2.41. The van der Waals surface area contributed by atoms with Gasteiger partial charge in [0.25, 0.3) is 0 Å². The molecule has 0 radical (unpaired) electrons. The van der Waals surface area contributed by atoms with E-state index in [1.165, 1.54) is 0 Å². The fourth-order valence-electron chi connectivity index (χ4n) is 1.61. The maximum atomic E-state index is 12.4. The molecule has 2 aromatic rings. The fourth-order valence-corrected chi connectivity index (χ4v) is 1.97. The maximum absolute atomic E-state index is 12.4. The highest BCUT2D eigenvalue weighted by molar-refractivity contribution is 9.10. The highest BCUT2D eigenvalue weighted by Crippen LogP contribution is 2.21. The Balaban J connectivity index is 2.54. The fraction of sp³-hybridized carbons (Fsp3) is 0.154. The number of nitrogens with two attached hydrogens (primary N) is 1. The molecule has 0 unspecified atom stereocenters. The molecule has 2 rings (SSSR count). The van der Waals surface area contributed by atoms with E-state index in [-0.39, 0.29) is 5.78 Å². The van der Waals surface area contributed by atoms with Gasteiger partial charge in [-0.2, -0.15) is 0 Å². The number of carbonyl (C=O) groups is 1. The van der Waals surface area contributed by atoms with Crippen LogP contribution < -0.4 is 5.73 Å². The summed E-state index contributed by atoms with van der Waals surface area (Å²) in [5.41, 5.74) is 8.35. The number of ketones is 1. The maximum Gasteiger partial charge on any atom is 0.215 e. The van der Waals surface area contributed by atoms with Crippen LogP contribution in [0, 0.1) is 13.8 Å². The Morgan fingerprint density at radius 1 is 1.33 bits per heavy atom. The molecule has 0 spiro atoms. The lowest BCUT2D eigenvalue weighted by Gasteiger charge is -2.07. The van der Waals surface area contributed by atoms with Gasteiger partial charge in [0.15, 0.2) is 0 Å². The number of benzene rings is 1. The SMILES string of the molecule is Cc1cnc(C)c(C(=O)c2cc(Br)ccc2N)n1. The summed E-state index contributed by atoms with van der Waals surface area (Å²) < 4.78 is 0.804. The minimum absolute atomic E-state index is 0.206. The van der Waals surface area contributed by atoms with E-state index in [2.05, 4.69) is 25.9 Å². The minimum Gasteiger partial charge on any atom is -0.398 e. The van der Waals surface area contributed by atoms with Crippen molar-refractivity contribution in [3.8, 4) is 0 Å². The van der Waals surface area contributed by atoms with Gasteiger partial charge in [-0.3, -0.25) is 9.78 Å². The predicted molar refractivity (Wildman–Crippen MR) is 73.5 cm³/mol. The van der Waals surface area contributed by atoms with Gasteiger partial charge in [0.05, 0.1) is 11.4 Å². The first kappa shape index (κ1) is 12.7. The van der Waals surface area contributed by atoms with E-state index in [9.17, 15) is 4.79 Å². The number of aryl methyl sites for hydroxylation is 2. The smallest absolute Gasteiger partial charge is 0.215 e. The second-order valence-corrected chi connectivity index (χ2v) is 4.92. The topological polar surface area (TPSA) is 68.9 Å². The van der Waals surface area contributed by atoms with E-state index in [1.807, 2.05) is 0 Å². The van der Waals surface area contributed by atoms with Crippen molar-refractivity contribution in [3.05, 3.63) is 51.5 Å². The first-order valence-electron chi connectivity index (χ1n) is 5.39. The quantitative estimate of drug-likeness (QED) is 0.684. The average molecular weight is 306 g/mol. The molecule has 18 heavy (non-hydrogen) atoms. The number of nitrogen functional groups attached to an aromatic ring is 1. The molecule has 0 saturated carbocycles. The summed E-state index contributed by atoms with van der Waals surface area (Å²) in [6.07, 6.45) is 1.64. The summed E-state index contributed by atoms with van der Waals surface area (Å²) in [5.74, 6) is -0.206. The van der Waals surface area contributed by atoms with Crippen LogP contribution in [0.1, 0.15) is 27.4 Å². The number of hydrogen-bond acceptors (Lipinski definition) is 4. The van der Waals surface area contributed by atoms with Gasteiger partial charge >= 0.3 is 0 Å². The van der Waals surface area contributed by atoms with Gasteiger partial charge in [-0.15, -0.1) is 0 Å². The zero-order valence-electron chi connectivity index (χ0n) is 10.1. The lowest BCUT2D eigenvalue weighted by molar-refractivity contribution is 0.103. The number of carbonyl (C=O) groups excluding carboxylic acids is 1. The Morgan fingerprint density at radius 2 is 2.06 bits per heavy atom. The summed E-state index contributed by atoms with van der Waals surface area (Å²) in [5, 5.41) is 0. The van der Waals surface area contributed by atoms with E-state index < -0.39 is 0 Å². The molecule has 0 aliphatic carbocycles. The Labute approximate surface area is 113 Å². The van der Waals surface area contributed by atoms with Crippen LogP contribution in [0.25, 0.3) is 0 Å². The lowest BCUT2D eigenvalue weighted by atomic mass is 10.0. The van der Waals surface area contributed by atoms with Gasteiger partial charge in [-0.25, -0.2) is 4.98 Å². The van der Waals surface area contributed by atoms with Gasteiger partial charge in [0.1, 0.15) is 5.69 Å². The molecule has 0 fully saturated rings. The number of anilines is 1. The van der Waals surface area contributed by atoms with Gasteiger partial charge in [0.2, 0.25) is 5.78 Å². The van der Waals surface area contributed by atoms with Gasteiger partial charge in [-0.1, -0.05) is 15.9 Å². The van der Waals surface area contributed by atoms with Crippen LogP contribution in [-0.4, -0.2) is 15.8 Å². The molecule has 0 amide bonds. The Hall–Kier alpha value is -1.75. The number of aromatic nitrogens is 2.